The predicted molar refractivity (Wildman–Crippen MR) is 118 cm³/mol. The molecule has 0 aliphatic carbocycles. The molecule has 0 atom stereocenters. The van der Waals surface area contributed by atoms with Crippen LogP contribution in [0.25, 0.3) is 10.9 Å². The van der Waals surface area contributed by atoms with E-state index in [1.165, 1.54) is 6.92 Å². The van der Waals surface area contributed by atoms with Crippen LogP contribution in [0.3, 0.4) is 0 Å². The highest BCUT2D eigenvalue weighted by Crippen LogP contribution is 2.22. The van der Waals surface area contributed by atoms with Crippen molar-refractivity contribution in [3.05, 3.63) is 52.5 Å². The third kappa shape index (κ3) is 3.90. The quantitative estimate of drug-likeness (QED) is 0.596. The number of aromatic nitrogens is 3. The monoisotopic (exact) mass is 421 g/mol. The Morgan fingerprint density at radius 1 is 1.10 bits per heavy atom. The topological polar surface area (TPSA) is 102 Å². The number of carbonyl (C=O) groups is 3. The molecule has 3 aromatic rings. The van der Waals surface area contributed by atoms with Gasteiger partial charge in [-0.1, -0.05) is 25.1 Å². The van der Waals surface area contributed by atoms with Crippen molar-refractivity contribution in [2.75, 3.05) is 32.7 Å². The third-order valence-corrected chi connectivity index (χ3v) is 5.98. The van der Waals surface area contributed by atoms with Crippen molar-refractivity contribution in [2.24, 2.45) is 0 Å². The minimum atomic E-state index is -0.0946. The van der Waals surface area contributed by atoms with Gasteiger partial charge in [0.2, 0.25) is 0 Å². The van der Waals surface area contributed by atoms with Crippen LogP contribution in [0.2, 0.25) is 0 Å². The number of carbonyl (C=O) groups excluding carboxylic acids is 3. The highest BCUT2D eigenvalue weighted by molar-refractivity contribution is 6.05. The molecule has 2 N–H and O–H groups in total. The largest absolute Gasteiger partial charge is 0.355 e. The summed E-state index contributed by atoms with van der Waals surface area (Å²) in [6.07, 6.45) is 0.625. The SMILES string of the molecule is CCc1c(C(=O)CN2CCN(C(=O)c3n[nH]c4ccccc34)CC2)[nH]c(C)c1C(C)=O. The van der Waals surface area contributed by atoms with Crippen molar-refractivity contribution < 1.29 is 14.4 Å². The minimum Gasteiger partial charge on any atom is -0.355 e. The zero-order valence-electron chi connectivity index (χ0n) is 18.1. The van der Waals surface area contributed by atoms with Gasteiger partial charge < -0.3 is 9.88 Å². The summed E-state index contributed by atoms with van der Waals surface area (Å²) in [7, 11) is 0. The molecule has 162 valence electrons. The molecule has 1 aliphatic rings. The Hall–Kier alpha value is -3.26. The Balaban J connectivity index is 1.40. The van der Waals surface area contributed by atoms with E-state index in [1.54, 1.807) is 4.90 Å². The number of para-hydroxylation sites is 1. The number of aromatic amines is 2. The zero-order chi connectivity index (χ0) is 22.1. The average molecular weight is 422 g/mol. The molecule has 1 fully saturated rings. The molecule has 8 nitrogen and oxygen atoms in total. The molecule has 1 saturated heterocycles. The lowest BCUT2D eigenvalue weighted by Crippen LogP contribution is -2.50. The van der Waals surface area contributed by atoms with Gasteiger partial charge in [-0.15, -0.1) is 0 Å². The summed E-state index contributed by atoms with van der Waals surface area (Å²) in [5, 5.41) is 7.93. The van der Waals surface area contributed by atoms with Crippen molar-refractivity contribution in [3.8, 4) is 0 Å². The zero-order valence-corrected chi connectivity index (χ0v) is 18.1. The summed E-state index contributed by atoms with van der Waals surface area (Å²) < 4.78 is 0. The molecule has 0 spiro atoms. The Bertz CT molecular complexity index is 1150. The van der Waals surface area contributed by atoms with E-state index < -0.39 is 0 Å². The second-order valence-electron chi connectivity index (χ2n) is 8.00. The van der Waals surface area contributed by atoms with Gasteiger partial charge >= 0.3 is 0 Å². The molecular weight excluding hydrogens is 394 g/mol. The summed E-state index contributed by atoms with van der Waals surface area (Å²) in [6, 6.07) is 7.58. The number of piperazine rings is 1. The molecule has 1 aliphatic heterocycles. The fourth-order valence-electron chi connectivity index (χ4n) is 4.41. The number of nitrogens with one attached hydrogen (secondary N) is 2. The number of hydrogen-bond donors (Lipinski definition) is 2. The summed E-state index contributed by atoms with van der Waals surface area (Å²) in [5.41, 5.74) is 3.99. The van der Waals surface area contributed by atoms with Gasteiger partial charge in [-0.2, -0.15) is 5.10 Å². The van der Waals surface area contributed by atoms with Gasteiger partial charge in [-0.25, -0.2) is 0 Å². The van der Waals surface area contributed by atoms with E-state index in [0.29, 0.717) is 49.6 Å². The molecule has 8 heteroatoms. The van der Waals surface area contributed by atoms with Crippen LogP contribution in [0.1, 0.15) is 56.4 Å². The van der Waals surface area contributed by atoms with Crippen LogP contribution in [0.5, 0.6) is 0 Å². The van der Waals surface area contributed by atoms with Crippen LogP contribution in [-0.4, -0.2) is 75.2 Å². The Morgan fingerprint density at radius 2 is 1.81 bits per heavy atom. The van der Waals surface area contributed by atoms with Gasteiger partial charge in [0.25, 0.3) is 5.91 Å². The smallest absolute Gasteiger partial charge is 0.275 e. The minimum absolute atomic E-state index is 0.0227. The first kappa shape index (κ1) is 21.0. The number of nitrogens with zero attached hydrogens (tertiary/aromatic N) is 3. The number of benzene rings is 1. The van der Waals surface area contributed by atoms with Crippen LogP contribution in [-0.2, 0) is 6.42 Å². The Morgan fingerprint density at radius 3 is 2.48 bits per heavy atom. The predicted octanol–water partition coefficient (Wildman–Crippen LogP) is 2.61. The molecule has 3 heterocycles. The lowest BCUT2D eigenvalue weighted by Gasteiger charge is -2.34. The van der Waals surface area contributed by atoms with Crippen molar-refractivity contribution in [2.45, 2.75) is 27.2 Å². The fourth-order valence-corrected chi connectivity index (χ4v) is 4.41. The summed E-state index contributed by atoms with van der Waals surface area (Å²) in [5.74, 6) is -0.143. The van der Waals surface area contributed by atoms with Crippen molar-refractivity contribution in [1.29, 1.82) is 0 Å². The van der Waals surface area contributed by atoms with E-state index in [1.807, 2.05) is 38.1 Å². The number of ketones is 2. The first-order valence-electron chi connectivity index (χ1n) is 10.6. The molecule has 0 bridgehead atoms. The van der Waals surface area contributed by atoms with Gasteiger partial charge in [0.05, 0.1) is 17.8 Å². The van der Waals surface area contributed by atoms with Crippen LogP contribution in [0, 0.1) is 6.92 Å². The first-order valence-corrected chi connectivity index (χ1v) is 10.6. The number of aryl methyl sites for hydroxylation is 1. The lowest BCUT2D eigenvalue weighted by molar-refractivity contribution is 0.0620. The number of Topliss-reactive ketones (excluding diaryl/α,β-unsaturated/α-hetero) is 2. The number of H-pyrrole nitrogens is 2. The molecule has 1 amide bonds. The molecular formula is C23H27N5O3. The standard InChI is InChI=1S/C23H27N5O3/c1-4-16-20(15(3)29)14(2)24-21(16)19(30)13-27-9-11-28(12-10-27)23(31)22-17-7-5-6-8-18(17)25-26-22/h5-8,24H,4,9-13H2,1-3H3,(H,25,26). The molecule has 1 aromatic carbocycles. The molecule has 2 aromatic heterocycles. The van der Waals surface area contributed by atoms with Gasteiger partial charge in [0.1, 0.15) is 0 Å². The Kier molecular flexibility index (Phi) is 5.73. The van der Waals surface area contributed by atoms with Gasteiger partial charge in [0.15, 0.2) is 17.3 Å². The molecule has 4 rings (SSSR count). The van der Waals surface area contributed by atoms with Crippen molar-refractivity contribution in [3.63, 3.8) is 0 Å². The van der Waals surface area contributed by atoms with Crippen LogP contribution in [0.4, 0.5) is 0 Å². The highest BCUT2D eigenvalue weighted by atomic mass is 16.2. The number of fused-ring (bicyclic) bond motifs is 1. The average Bonchev–Trinajstić information content (AvgIpc) is 3.34. The van der Waals surface area contributed by atoms with Crippen LogP contribution in [0.15, 0.2) is 24.3 Å². The molecule has 0 radical (unpaired) electrons. The second-order valence-corrected chi connectivity index (χ2v) is 8.00. The van der Waals surface area contributed by atoms with E-state index >= 15 is 0 Å². The van der Waals surface area contributed by atoms with Gasteiger partial charge in [-0.05, 0) is 31.9 Å². The fraction of sp³-hybridized carbons (Fsp3) is 0.391. The van der Waals surface area contributed by atoms with E-state index in [0.717, 1.165) is 22.2 Å². The normalized spacial score (nSPS) is 14.9. The van der Waals surface area contributed by atoms with E-state index in [4.69, 9.17) is 0 Å². The molecule has 0 unspecified atom stereocenters. The second kappa shape index (κ2) is 8.47. The molecule has 0 saturated carbocycles. The van der Waals surface area contributed by atoms with Crippen molar-refractivity contribution in [1.82, 2.24) is 25.0 Å². The van der Waals surface area contributed by atoms with E-state index in [-0.39, 0.29) is 24.0 Å². The van der Waals surface area contributed by atoms with Crippen LogP contribution < -0.4 is 0 Å². The Labute approximate surface area is 180 Å². The number of rotatable bonds is 6. The highest BCUT2D eigenvalue weighted by Gasteiger charge is 2.28. The summed E-state index contributed by atoms with van der Waals surface area (Å²) in [4.78, 5) is 44.8. The third-order valence-electron chi connectivity index (χ3n) is 5.98. The van der Waals surface area contributed by atoms with Crippen LogP contribution >= 0.6 is 0 Å². The van der Waals surface area contributed by atoms with Gasteiger partial charge in [0, 0.05) is 42.8 Å². The summed E-state index contributed by atoms with van der Waals surface area (Å²) in [6.45, 7) is 7.87. The summed E-state index contributed by atoms with van der Waals surface area (Å²) >= 11 is 0. The first-order chi connectivity index (χ1) is 14.9. The number of hydrogen-bond acceptors (Lipinski definition) is 5. The maximum atomic E-state index is 13.0. The van der Waals surface area contributed by atoms with Crippen molar-refractivity contribution >= 4 is 28.4 Å². The maximum Gasteiger partial charge on any atom is 0.275 e. The molecule has 31 heavy (non-hydrogen) atoms. The van der Waals surface area contributed by atoms with Gasteiger partial charge in [-0.3, -0.25) is 24.4 Å². The van der Waals surface area contributed by atoms with E-state index in [2.05, 4.69) is 20.1 Å². The van der Waals surface area contributed by atoms with E-state index in [9.17, 15) is 14.4 Å². The lowest BCUT2D eigenvalue weighted by atomic mass is 10.0. The number of amides is 1. The maximum absolute atomic E-state index is 13.0.